The van der Waals surface area contributed by atoms with Crippen LogP contribution in [0.15, 0.2) is 29.4 Å². The summed E-state index contributed by atoms with van der Waals surface area (Å²) in [5.41, 5.74) is 9.58. The quantitative estimate of drug-likeness (QED) is 0.0663. The van der Waals surface area contributed by atoms with Crippen molar-refractivity contribution >= 4 is 29.7 Å². The van der Waals surface area contributed by atoms with Crippen molar-refractivity contribution in [3.8, 4) is 0 Å². The summed E-state index contributed by atoms with van der Waals surface area (Å²) in [6.07, 6.45) is -9.31. The molecule has 46 heavy (non-hydrogen) atoms. The number of ether oxygens (including phenoxy) is 5. The van der Waals surface area contributed by atoms with Gasteiger partial charge in [-0.15, -0.1) is 0 Å². The van der Waals surface area contributed by atoms with Gasteiger partial charge in [0.15, 0.2) is 18.5 Å². The van der Waals surface area contributed by atoms with Crippen LogP contribution < -0.4 is 10.6 Å². The second kappa shape index (κ2) is 18.5. The van der Waals surface area contributed by atoms with Gasteiger partial charge >= 0.3 is 30.0 Å². The number of carbonyl (C=O) groups is 5. The monoisotopic (exact) mass is 659 g/mol. The molecule has 0 bridgehead atoms. The lowest BCUT2D eigenvalue weighted by Gasteiger charge is -2.45. The highest BCUT2D eigenvalue weighted by Crippen LogP contribution is 2.29. The lowest BCUT2D eigenvalue weighted by molar-refractivity contribution is -0.279. The predicted octanol–water partition coefficient (Wildman–Crippen LogP) is 3.00. The van der Waals surface area contributed by atoms with Gasteiger partial charge in [0.2, 0.25) is 0 Å². The van der Waals surface area contributed by atoms with Gasteiger partial charge in [-0.05, 0) is 36.1 Å². The minimum Gasteiger partial charge on any atom is -0.463 e. The Bertz CT molecular complexity index is 1260. The van der Waals surface area contributed by atoms with E-state index in [-0.39, 0.29) is 19.1 Å². The van der Waals surface area contributed by atoms with E-state index in [1.165, 1.54) is 0 Å². The molecule has 0 aromatic heterocycles. The van der Waals surface area contributed by atoms with Crippen molar-refractivity contribution in [1.29, 1.82) is 0 Å². The Morgan fingerprint density at radius 3 is 2.15 bits per heavy atom. The van der Waals surface area contributed by atoms with Crippen molar-refractivity contribution < 1.29 is 60.8 Å². The van der Waals surface area contributed by atoms with E-state index >= 15 is 0 Å². The van der Waals surface area contributed by atoms with Gasteiger partial charge in [0.05, 0.1) is 6.54 Å². The highest BCUT2D eigenvalue weighted by atomic mass is 19.4. The molecule has 1 saturated heterocycles. The molecular weight excluding hydrogens is 623 g/mol. The van der Waals surface area contributed by atoms with E-state index in [9.17, 15) is 37.1 Å². The summed E-state index contributed by atoms with van der Waals surface area (Å²) in [7, 11) is 0. The number of hydrogen-bond donors (Lipinski definition) is 2. The van der Waals surface area contributed by atoms with Gasteiger partial charge in [-0.3, -0.25) is 24.0 Å². The first-order chi connectivity index (χ1) is 21.7. The van der Waals surface area contributed by atoms with Gasteiger partial charge in [0.1, 0.15) is 18.8 Å². The summed E-state index contributed by atoms with van der Waals surface area (Å²) in [5.74, 6) is -5.27. The maximum absolute atomic E-state index is 13.2. The number of amides is 2. The Kier molecular flexibility index (Phi) is 15.2. The largest absolute Gasteiger partial charge is 0.471 e. The number of nitrogens with zero attached hydrogens (tertiary/aromatic N) is 3. The number of nitrogens with one attached hydrogen (secondary N) is 2. The molecule has 5 atom stereocenters. The molecule has 2 amide bonds. The smallest absolute Gasteiger partial charge is 0.463 e. The first-order valence-corrected chi connectivity index (χ1v) is 14.2. The van der Waals surface area contributed by atoms with Gasteiger partial charge < -0.3 is 34.3 Å². The van der Waals surface area contributed by atoms with E-state index in [1.54, 1.807) is 29.6 Å². The van der Waals surface area contributed by atoms with Crippen molar-refractivity contribution in [1.82, 2.24) is 10.6 Å². The van der Waals surface area contributed by atoms with Crippen LogP contribution >= 0.6 is 0 Å². The van der Waals surface area contributed by atoms with Crippen molar-refractivity contribution in [2.75, 3.05) is 19.8 Å². The molecule has 254 valence electrons. The normalized spacial score (nSPS) is 20.9. The summed E-state index contributed by atoms with van der Waals surface area (Å²) >= 11 is 0. The minimum absolute atomic E-state index is 0.0665. The Labute approximate surface area is 262 Å². The molecule has 1 aromatic carbocycles. The van der Waals surface area contributed by atoms with Gasteiger partial charge in [0, 0.05) is 44.4 Å². The molecular formula is C28H36F3N5O10. The third-order valence-corrected chi connectivity index (χ3v) is 6.43. The fraction of sp³-hybridized carbons (Fsp3) is 0.607. The molecule has 0 spiro atoms. The van der Waals surface area contributed by atoms with E-state index in [1.807, 2.05) is 0 Å². The Balaban J connectivity index is 1.99. The molecule has 2 rings (SSSR count). The van der Waals surface area contributed by atoms with Crippen molar-refractivity contribution in [2.24, 2.45) is 5.11 Å². The van der Waals surface area contributed by atoms with Gasteiger partial charge in [-0.25, -0.2) is 0 Å². The number of alkyl halides is 3. The van der Waals surface area contributed by atoms with Gasteiger partial charge in [-0.1, -0.05) is 30.1 Å². The molecule has 1 aliphatic heterocycles. The van der Waals surface area contributed by atoms with Crippen LogP contribution in [-0.2, 0) is 49.4 Å². The molecule has 0 saturated carbocycles. The lowest BCUT2D eigenvalue weighted by atomic mass is 9.96. The Hall–Kier alpha value is -4.41. The van der Waals surface area contributed by atoms with Crippen LogP contribution in [0.2, 0.25) is 0 Å². The summed E-state index contributed by atoms with van der Waals surface area (Å²) in [6.45, 7) is 3.00. The SMILES string of the molecule is CC(=O)OCC1O[C@@H](OCCCCCCNC(=O)c2ccc(CN=[N+]=[N-])cc2)[C@@H](NC(=O)C(F)(F)F)C(OC(C)=O)[C@@H]1OC(C)=O. The zero-order valence-corrected chi connectivity index (χ0v) is 25.4. The number of carbonyl (C=O) groups excluding carboxylic acids is 5. The Morgan fingerprint density at radius 2 is 1.57 bits per heavy atom. The van der Waals surface area contributed by atoms with E-state index < -0.39 is 67.2 Å². The molecule has 18 heteroatoms. The highest BCUT2D eigenvalue weighted by Gasteiger charge is 2.53. The average Bonchev–Trinajstić information content (AvgIpc) is 2.98. The number of unbranched alkanes of at least 4 members (excludes halogenated alkanes) is 3. The second-order valence-corrected chi connectivity index (χ2v) is 10.1. The van der Waals surface area contributed by atoms with Crippen molar-refractivity contribution in [3.05, 3.63) is 45.8 Å². The molecule has 0 aliphatic carbocycles. The van der Waals surface area contributed by atoms with E-state index in [0.717, 1.165) is 26.3 Å². The lowest BCUT2D eigenvalue weighted by Crippen LogP contribution is -2.67. The van der Waals surface area contributed by atoms with E-state index in [4.69, 9.17) is 29.2 Å². The second-order valence-electron chi connectivity index (χ2n) is 10.1. The van der Waals surface area contributed by atoms with Crippen LogP contribution in [0.5, 0.6) is 0 Å². The molecule has 2 unspecified atom stereocenters. The van der Waals surface area contributed by atoms with Crippen LogP contribution in [0.1, 0.15) is 62.4 Å². The van der Waals surface area contributed by atoms with E-state index in [0.29, 0.717) is 37.8 Å². The number of rotatable bonds is 16. The zero-order chi connectivity index (χ0) is 34.3. The minimum atomic E-state index is -5.32. The predicted molar refractivity (Wildman–Crippen MR) is 150 cm³/mol. The third-order valence-electron chi connectivity index (χ3n) is 6.43. The number of azide groups is 1. The van der Waals surface area contributed by atoms with Crippen LogP contribution in [0.4, 0.5) is 13.2 Å². The maximum Gasteiger partial charge on any atom is 0.471 e. The first-order valence-electron chi connectivity index (χ1n) is 14.2. The maximum atomic E-state index is 13.2. The third kappa shape index (κ3) is 12.9. The van der Waals surface area contributed by atoms with Crippen LogP contribution in [0.25, 0.3) is 10.4 Å². The number of hydrogen-bond acceptors (Lipinski definition) is 11. The Morgan fingerprint density at radius 1 is 0.935 bits per heavy atom. The van der Waals surface area contributed by atoms with Gasteiger partial charge in [0.25, 0.3) is 5.91 Å². The van der Waals surface area contributed by atoms with Crippen molar-refractivity contribution in [2.45, 2.75) is 89.8 Å². The first kappa shape index (κ1) is 37.8. The fourth-order valence-corrected chi connectivity index (χ4v) is 4.39. The summed E-state index contributed by atoms with van der Waals surface area (Å²) in [6, 6.07) is 4.83. The van der Waals surface area contributed by atoms with E-state index in [2.05, 4.69) is 15.3 Å². The molecule has 1 heterocycles. The van der Waals surface area contributed by atoms with Gasteiger partial charge in [-0.2, -0.15) is 13.2 Å². The number of benzene rings is 1. The van der Waals surface area contributed by atoms with Crippen LogP contribution in [0, 0.1) is 0 Å². The number of halogens is 3. The molecule has 0 radical (unpaired) electrons. The van der Waals surface area contributed by atoms with Crippen LogP contribution in [-0.4, -0.2) is 86.3 Å². The molecule has 1 aromatic rings. The number of esters is 3. The molecule has 15 nitrogen and oxygen atoms in total. The summed E-state index contributed by atoms with van der Waals surface area (Å²) in [5, 5.41) is 7.95. The average molecular weight is 660 g/mol. The summed E-state index contributed by atoms with van der Waals surface area (Å²) < 4.78 is 66.3. The highest BCUT2D eigenvalue weighted by molar-refractivity contribution is 5.94. The molecule has 1 fully saturated rings. The van der Waals surface area contributed by atoms with Crippen molar-refractivity contribution in [3.63, 3.8) is 0 Å². The standard InChI is InChI=1S/C28H36F3N5O10/c1-16(37)43-15-21-23(44-17(2)38)24(45-18(3)39)22(35-27(41)28(29,30)31)26(46-21)42-13-7-5-4-6-12-33-25(40)20-10-8-19(9-11-20)14-34-36-32/h8-11,21-24,26H,4-7,12-15H2,1-3H3,(H,33,40)(H,35,41)/t21?,22-,23+,24?,26+/m0/s1. The molecule has 1 aliphatic rings. The summed E-state index contributed by atoms with van der Waals surface area (Å²) in [4.78, 5) is 62.0. The molecule has 2 N–H and O–H groups in total. The topological polar surface area (TPSA) is 204 Å². The fourth-order valence-electron chi connectivity index (χ4n) is 4.39. The zero-order valence-electron chi connectivity index (χ0n) is 25.4. The van der Waals surface area contributed by atoms with Crippen LogP contribution in [0.3, 0.4) is 0 Å².